The molecule has 1 aromatic heterocycles. The minimum atomic E-state index is -2.92. The smallest absolute Gasteiger partial charge is 0.191 e. The van der Waals surface area contributed by atoms with E-state index in [9.17, 15) is 17.2 Å². The fourth-order valence-corrected chi connectivity index (χ4v) is 5.51. The predicted molar refractivity (Wildman–Crippen MR) is 87.4 cm³/mol. The minimum absolute atomic E-state index is 0.0661. The Balaban J connectivity index is 1.66. The molecule has 9 heteroatoms. The Bertz CT molecular complexity index is 852. The molecular formula is C15H17F2N3O2S2. The number of thioether (sulfide) groups is 1. The van der Waals surface area contributed by atoms with E-state index in [4.69, 9.17) is 0 Å². The SMILES string of the molecule is Cn1c(CC2CCS(=O)(=O)C2)nnc1SCc1cccc(F)c1F. The summed E-state index contributed by atoms with van der Waals surface area (Å²) < 4.78 is 51.7. The highest BCUT2D eigenvalue weighted by molar-refractivity contribution is 7.98. The molecule has 1 fully saturated rings. The van der Waals surface area contributed by atoms with Gasteiger partial charge in [0.2, 0.25) is 0 Å². The van der Waals surface area contributed by atoms with Gasteiger partial charge in [0.1, 0.15) is 5.82 Å². The summed E-state index contributed by atoms with van der Waals surface area (Å²) in [6.07, 6.45) is 1.20. The molecule has 0 aliphatic carbocycles. The van der Waals surface area contributed by atoms with Crippen LogP contribution >= 0.6 is 11.8 Å². The van der Waals surface area contributed by atoms with E-state index >= 15 is 0 Å². The summed E-state index contributed by atoms with van der Waals surface area (Å²) in [5.74, 6) is -0.270. The highest BCUT2D eigenvalue weighted by atomic mass is 32.2. The number of hydrogen-bond donors (Lipinski definition) is 0. The summed E-state index contributed by atoms with van der Waals surface area (Å²) in [7, 11) is -1.12. The van der Waals surface area contributed by atoms with Crippen molar-refractivity contribution in [2.45, 2.75) is 23.8 Å². The largest absolute Gasteiger partial charge is 0.309 e. The first-order chi connectivity index (χ1) is 11.4. The van der Waals surface area contributed by atoms with Crippen LogP contribution in [-0.4, -0.2) is 34.7 Å². The van der Waals surface area contributed by atoms with Gasteiger partial charge in [0.15, 0.2) is 26.6 Å². The molecule has 1 aromatic carbocycles. The van der Waals surface area contributed by atoms with Crippen LogP contribution < -0.4 is 0 Å². The first kappa shape index (κ1) is 17.3. The van der Waals surface area contributed by atoms with Crippen LogP contribution in [0.1, 0.15) is 17.8 Å². The zero-order valence-corrected chi connectivity index (χ0v) is 14.7. The Morgan fingerprint density at radius 2 is 2.12 bits per heavy atom. The Kier molecular flexibility index (Phi) is 4.91. The van der Waals surface area contributed by atoms with Crippen molar-refractivity contribution in [2.75, 3.05) is 11.5 Å². The third-order valence-corrected chi connectivity index (χ3v) is 7.02. The molecule has 2 heterocycles. The van der Waals surface area contributed by atoms with E-state index < -0.39 is 21.5 Å². The molecule has 24 heavy (non-hydrogen) atoms. The fraction of sp³-hybridized carbons (Fsp3) is 0.467. The average Bonchev–Trinajstić information content (AvgIpc) is 3.04. The maximum atomic E-state index is 13.7. The van der Waals surface area contributed by atoms with Crippen molar-refractivity contribution < 1.29 is 17.2 Å². The Labute approximate surface area is 143 Å². The molecule has 0 spiro atoms. The molecule has 0 saturated carbocycles. The molecular weight excluding hydrogens is 356 g/mol. The summed E-state index contributed by atoms with van der Waals surface area (Å²) in [6.45, 7) is 0. The van der Waals surface area contributed by atoms with Crippen LogP contribution in [0.3, 0.4) is 0 Å². The van der Waals surface area contributed by atoms with Gasteiger partial charge < -0.3 is 4.57 Å². The third kappa shape index (κ3) is 3.77. The summed E-state index contributed by atoms with van der Waals surface area (Å²) in [5.41, 5.74) is 0.270. The average molecular weight is 373 g/mol. The van der Waals surface area contributed by atoms with Crippen molar-refractivity contribution in [2.24, 2.45) is 13.0 Å². The van der Waals surface area contributed by atoms with Crippen molar-refractivity contribution >= 4 is 21.6 Å². The van der Waals surface area contributed by atoms with Crippen molar-refractivity contribution in [1.82, 2.24) is 14.8 Å². The second-order valence-electron chi connectivity index (χ2n) is 5.93. The lowest BCUT2D eigenvalue weighted by atomic mass is 10.1. The zero-order chi connectivity index (χ0) is 17.3. The van der Waals surface area contributed by atoms with Crippen LogP contribution in [0.5, 0.6) is 0 Å². The van der Waals surface area contributed by atoms with Crippen molar-refractivity contribution in [1.29, 1.82) is 0 Å². The van der Waals surface area contributed by atoms with E-state index in [0.717, 1.165) is 6.07 Å². The molecule has 3 rings (SSSR count). The van der Waals surface area contributed by atoms with Gasteiger partial charge in [-0.2, -0.15) is 0 Å². The summed E-state index contributed by atoms with van der Waals surface area (Å²) in [6, 6.07) is 4.09. The number of halogens is 2. The maximum absolute atomic E-state index is 13.7. The van der Waals surface area contributed by atoms with Crippen LogP contribution in [-0.2, 0) is 29.1 Å². The zero-order valence-electron chi connectivity index (χ0n) is 13.1. The summed E-state index contributed by atoms with van der Waals surface area (Å²) in [5, 5.41) is 8.77. The number of hydrogen-bond acceptors (Lipinski definition) is 5. The van der Waals surface area contributed by atoms with Gasteiger partial charge >= 0.3 is 0 Å². The van der Waals surface area contributed by atoms with Crippen molar-refractivity contribution in [3.05, 3.63) is 41.2 Å². The molecule has 0 bridgehead atoms. The lowest BCUT2D eigenvalue weighted by Gasteiger charge is -2.08. The molecule has 0 N–H and O–H groups in total. The van der Waals surface area contributed by atoms with Crippen LogP contribution in [0.2, 0.25) is 0 Å². The number of rotatable bonds is 5. The molecule has 5 nitrogen and oxygen atoms in total. The second kappa shape index (κ2) is 6.79. The Hall–Kier alpha value is -1.48. The molecule has 0 amide bonds. The number of aromatic nitrogens is 3. The van der Waals surface area contributed by atoms with E-state index in [-0.39, 0.29) is 28.7 Å². The van der Waals surface area contributed by atoms with E-state index in [1.54, 1.807) is 11.6 Å². The number of benzene rings is 1. The van der Waals surface area contributed by atoms with Gasteiger partial charge in [0.05, 0.1) is 11.5 Å². The summed E-state index contributed by atoms with van der Waals surface area (Å²) in [4.78, 5) is 0. The molecule has 1 unspecified atom stereocenters. The van der Waals surface area contributed by atoms with Crippen molar-refractivity contribution in [3.63, 3.8) is 0 Å². The monoisotopic (exact) mass is 373 g/mol. The molecule has 1 atom stereocenters. The first-order valence-corrected chi connectivity index (χ1v) is 10.3. The van der Waals surface area contributed by atoms with Crippen LogP contribution in [0.4, 0.5) is 8.78 Å². The summed E-state index contributed by atoms with van der Waals surface area (Å²) >= 11 is 1.27. The lowest BCUT2D eigenvalue weighted by Crippen LogP contribution is -2.11. The molecule has 130 valence electrons. The molecule has 1 saturated heterocycles. The highest BCUT2D eigenvalue weighted by Gasteiger charge is 2.29. The Morgan fingerprint density at radius 1 is 1.33 bits per heavy atom. The van der Waals surface area contributed by atoms with Gasteiger partial charge in [-0.05, 0) is 18.4 Å². The van der Waals surface area contributed by atoms with Crippen molar-refractivity contribution in [3.8, 4) is 0 Å². The molecule has 0 radical (unpaired) electrons. The van der Waals surface area contributed by atoms with Gasteiger partial charge in [-0.1, -0.05) is 23.9 Å². The number of sulfone groups is 1. The molecule has 2 aromatic rings. The maximum Gasteiger partial charge on any atom is 0.191 e. The molecule has 1 aliphatic rings. The van der Waals surface area contributed by atoms with Gasteiger partial charge in [-0.3, -0.25) is 0 Å². The molecule has 1 aliphatic heterocycles. The van der Waals surface area contributed by atoms with Crippen LogP contribution in [0.25, 0.3) is 0 Å². The van der Waals surface area contributed by atoms with E-state index in [1.807, 2.05) is 0 Å². The lowest BCUT2D eigenvalue weighted by molar-refractivity contribution is 0.502. The topological polar surface area (TPSA) is 64.8 Å². The van der Waals surface area contributed by atoms with Gasteiger partial charge in [-0.25, -0.2) is 17.2 Å². The van der Waals surface area contributed by atoms with Gasteiger partial charge in [0, 0.05) is 24.8 Å². The van der Waals surface area contributed by atoms with E-state index in [0.29, 0.717) is 23.8 Å². The normalized spacial score (nSPS) is 19.7. The van der Waals surface area contributed by atoms with Gasteiger partial charge in [0.25, 0.3) is 0 Å². The predicted octanol–water partition coefficient (Wildman–Crippen LogP) is 2.36. The third-order valence-electron chi connectivity index (χ3n) is 4.11. The quantitative estimate of drug-likeness (QED) is 0.753. The first-order valence-electron chi connectivity index (χ1n) is 7.50. The minimum Gasteiger partial charge on any atom is -0.309 e. The van der Waals surface area contributed by atoms with Crippen LogP contribution in [0.15, 0.2) is 23.4 Å². The Morgan fingerprint density at radius 3 is 2.83 bits per heavy atom. The standard InChI is InChI=1S/C15H17F2N3O2S2/c1-20-13(7-10-5-6-24(21,22)9-10)18-19-15(20)23-8-11-3-2-4-12(16)14(11)17/h2-4,10H,5-9H2,1H3. The van der Waals surface area contributed by atoms with Crippen LogP contribution in [0, 0.1) is 17.6 Å². The fourth-order valence-electron chi connectivity index (χ4n) is 2.74. The highest BCUT2D eigenvalue weighted by Crippen LogP contribution is 2.26. The van der Waals surface area contributed by atoms with E-state index in [2.05, 4.69) is 10.2 Å². The second-order valence-corrected chi connectivity index (χ2v) is 9.10. The van der Waals surface area contributed by atoms with Gasteiger partial charge in [-0.15, -0.1) is 10.2 Å². The number of nitrogens with zero attached hydrogens (tertiary/aromatic N) is 3. The van der Waals surface area contributed by atoms with E-state index in [1.165, 1.54) is 23.9 Å².